The first-order valence-corrected chi connectivity index (χ1v) is 6.90. The Morgan fingerprint density at radius 3 is 2.52 bits per heavy atom. The summed E-state index contributed by atoms with van der Waals surface area (Å²) in [6, 6.07) is 11.4. The van der Waals surface area contributed by atoms with Crippen LogP contribution in [0, 0.1) is 5.82 Å². The Morgan fingerprint density at radius 2 is 1.90 bits per heavy atom. The van der Waals surface area contributed by atoms with Gasteiger partial charge in [0.15, 0.2) is 0 Å². The molecule has 0 amide bonds. The SMILES string of the molecule is COc1cccc(C(Oc2ccc(F)c(Cl)c2)C(C)N)c1. The summed E-state index contributed by atoms with van der Waals surface area (Å²) in [5, 5.41) is 0.0153. The van der Waals surface area contributed by atoms with Gasteiger partial charge in [-0.2, -0.15) is 0 Å². The molecule has 0 saturated heterocycles. The van der Waals surface area contributed by atoms with E-state index in [9.17, 15) is 4.39 Å². The van der Waals surface area contributed by atoms with E-state index >= 15 is 0 Å². The maximum absolute atomic E-state index is 13.2. The van der Waals surface area contributed by atoms with Gasteiger partial charge < -0.3 is 15.2 Å². The predicted octanol–water partition coefficient (Wildman–Crippen LogP) is 3.96. The Kier molecular flexibility index (Phi) is 5.04. The zero-order valence-corrected chi connectivity index (χ0v) is 12.6. The molecule has 0 saturated carbocycles. The molecule has 0 fully saturated rings. The molecule has 2 aromatic rings. The van der Waals surface area contributed by atoms with Crippen LogP contribution in [0.3, 0.4) is 0 Å². The molecule has 0 heterocycles. The van der Waals surface area contributed by atoms with Crippen molar-refractivity contribution >= 4 is 11.6 Å². The van der Waals surface area contributed by atoms with Crippen molar-refractivity contribution in [1.82, 2.24) is 0 Å². The molecule has 0 spiro atoms. The van der Waals surface area contributed by atoms with Crippen molar-refractivity contribution < 1.29 is 13.9 Å². The molecule has 21 heavy (non-hydrogen) atoms. The molecule has 0 aromatic heterocycles. The Labute approximate surface area is 128 Å². The Bertz CT molecular complexity index is 619. The highest BCUT2D eigenvalue weighted by molar-refractivity contribution is 6.30. The van der Waals surface area contributed by atoms with Gasteiger partial charge in [-0.15, -0.1) is 0 Å². The lowest BCUT2D eigenvalue weighted by Gasteiger charge is -2.23. The highest BCUT2D eigenvalue weighted by Crippen LogP contribution is 2.29. The van der Waals surface area contributed by atoms with Crippen molar-refractivity contribution in [3.05, 3.63) is 58.9 Å². The van der Waals surface area contributed by atoms with Gasteiger partial charge in [-0.3, -0.25) is 0 Å². The van der Waals surface area contributed by atoms with Gasteiger partial charge in [0.2, 0.25) is 0 Å². The van der Waals surface area contributed by atoms with Crippen molar-refractivity contribution in [2.45, 2.75) is 19.1 Å². The summed E-state index contributed by atoms with van der Waals surface area (Å²) in [6.07, 6.45) is -0.387. The molecule has 2 aromatic carbocycles. The van der Waals surface area contributed by atoms with E-state index in [1.54, 1.807) is 7.11 Å². The van der Waals surface area contributed by atoms with Crippen molar-refractivity contribution in [2.75, 3.05) is 7.11 Å². The minimum absolute atomic E-state index is 0.0153. The van der Waals surface area contributed by atoms with Gasteiger partial charge in [-0.05, 0) is 36.8 Å². The summed E-state index contributed by atoms with van der Waals surface area (Å²) < 4.78 is 24.3. The molecular formula is C16H17ClFNO2. The van der Waals surface area contributed by atoms with Crippen LogP contribution < -0.4 is 15.2 Å². The minimum Gasteiger partial charge on any atom is -0.497 e. The summed E-state index contributed by atoms with van der Waals surface area (Å²) in [5.41, 5.74) is 6.88. The second-order valence-corrected chi connectivity index (χ2v) is 5.16. The topological polar surface area (TPSA) is 44.5 Å². The van der Waals surface area contributed by atoms with Gasteiger partial charge in [0.1, 0.15) is 23.4 Å². The standard InChI is InChI=1S/C16H17ClFNO2/c1-10(19)16(11-4-3-5-12(8-11)20-2)21-13-6-7-15(18)14(17)9-13/h3-10,16H,19H2,1-2H3. The summed E-state index contributed by atoms with van der Waals surface area (Å²) >= 11 is 5.76. The van der Waals surface area contributed by atoms with Crippen LogP contribution in [0.1, 0.15) is 18.6 Å². The highest BCUT2D eigenvalue weighted by atomic mass is 35.5. The van der Waals surface area contributed by atoms with Crippen LogP contribution in [0.5, 0.6) is 11.5 Å². The molecule has 0 aliphatic carbocycles. The molecule has 2 N–H and O–H groups in total. The molecule has 3 nitrogen and oxygen atoms in total. The van der Waals surface area contributed by atoms with Crippen LogP contribution >= 0.6 is 11.6 Å². The van der Waals surface area contributed by atoms with E-state index in [0.717, 1.165) is 11.3 Å². The lowest BCUT2D eigenvalue weighted by atomic mass is 10.0. The van der Waals surface area contributed by atoms with E-state index in [1.807, 2.05) is 31.2 Å². The average molecular weight is 310 g/mol. The number of benzene rings is 2. The van der Waals surface area contributed by atoms with E-state index in [4.69, 9.17) is 26.8 Å². The second kappa shape index (κ2) is 6.78. The molecule has 0 bridgehead atoms. The summed E-state index contributed by atoms with van der Waals surface area (Å²) in [5.74, 6) is 0.702. The smallest absolute Gasteiger partial charge is 0.142 e. The largest absolute Gasteiger partial charge is 0.497 e. The van der Waals surface area contributed by atoms with Gasteiger partial charge in [0.25, 0.3) is 0 Å². The molecule has 2 atom stereocenters. The average Bonchev–Trinajstić information content (AvgIpc) is 2.48. The highest BCUT2D eigenvalue weighted by Gasteiger charge is 2.19. The monoisotopic (exact) mass is 309 g/mol. The van der Waals surface area contributed by atoms with E-state index in [-0.39, 0.29) is 17.2 Å². The van der Waals surface area contributed by atoms with Gasteiger partial charge in [0, 0.05) is 12.1 Å². The summed E-state index contributed by atoms with van der Waals surface area (Å²) in [7, 11) is 1.60. The van der Waals surface area contributed by atoms with E-state index in [0.29, 0.717) is 5.75 Å². The summed E-state index contributed by atoms with van der Waals surface area (Å²) in [6.45, 7) is 1.84. The Hall–Kier alpha value is -1.78. The zero-order chi connectivity index (χ0) is 15.4. The van der Waals surface area contributed by atoms with Crippen molar-refractivity contribution in [1.29, 1.82) is 0 Å². The first-order valence-electron chi connectivity index (χ1n) is 6.52. The molecule has 2 unspecified atom stereocenters. The fraction of sp³-hybridized carbons (Fsp3) is 0.250. The third kappa shape index (κ3) is 3.86. The van der Waals surface area contributed by atoms with E-state index < -0.39 is 5.82 Å². The summed E-state index contributed by atoms with van der Waals surface area (Å²) in [4.78, 5) is 0. The van der Waals surface area contributed by atoms with Crippen LogP contribution in [0.4, 0.5) is 4.39 Å². The van der Waals surface area contributed by atoms with Crippen molar-refractivity contribution in [2.24, 2.45) is 5.73 Å². The maximum atomic E-state index is 13.2. The van der Waals surface area contributed by atoms with E-state index in [1.165, 1.54) is 18.2 Å². The van der Waals surface area contributed by atoms with Gasteiger partial charge in [0.05, 0.1) is 12.1 Å². The van der Waals surface area contributed by atoms with Crippen LogP contribution in [0.2, 0.25) is 5.02 Å². The molecule has 0 aliphatic heterocycles. The number of hydrogen-bond acceptors (Lipinski definition) is 3. The van der Waals surface area contributed by atoms with Crippen molar-refractivity contribution in [3.63, 3.8) is 0 Å². The Morgan fingerprint density at radius 1 is 1.14 bits per heavy atom. The second-order valence-electron chi connectivity index (χ2n) is 4.75. The van der Waals surface area contributed by atoms with Crippen LogP contribution in [-0.4, -0.2) is 13.2 Å². The molecule has 5 heteroatoms. The first-order chi connectivity index (χ1) is 10.0. The number of methoxy groups -OCH3 is 1. The van der Waals surface area contributed by atoms with E-state index in [2.05, 4.69) is 0 Å². The normalized spacial score (nSPS) is 13.6. The fourth-order valence-corrected chi connectivity index (χ4v) is 2.16. The zero-order valence-electron chi connectivity index (χ0n) is 11.8. The van der Waals surface area contributed by atoms with Crippen LogP contribution in [-0.2, 0) is 0 Å². The molecule has 0 radical (unpaired) electrons. The molecule has 112 valence electrons. The first kappa shape index (κ1) is 15.6. The van der Waals surface area contributed by atoms with Crippen LogP contribution in [0.25, 0.3) is 0 Å². The predicted molar refractivity (Wildman–Crippen MR) is 81.4 cm³/mol. The minimum atomic E-state index is -0.484. The third-order valence-corrected chi connectivity index (χ3v) is 3.34. The lowest BCUT2D eigenvalue weighted by molar-refractivity contribution is 0.180. The van der Waals surface area contributed by atoms with Gasteiger partial charge in [-0.25, -0.2) is 4.39 Å². The molecular weight excluding hydrogens is 293 g/mol. The number of ether oxygens (including phenoxy) is 2. The van der Waals surface area contributed by atoms with Gasteiger partial charge >= 0.3 is 0 Å². The quantitative estimate of drug-likeness (QED) is 0.909. The lowest BCUT2D eigenvalue weighted by Crippen LogP contribution is -2.29. The number of halogens is 2. The van der Waals surface area contributed by atoms with Crippen molar-refractivity contribution in [3.8, 4) is 11.5 Å². The number of rotatable bonds is 5. The Balaban J connectivity index is 2.28. The van der Waals surface area contributed by atoms with Gasteiger partial charge in [-0.1, -0.05) is 23.7 Å². The third-order valence-electron chi connectivity index (χ3n) is 3.05. The number of nitrogens with two attached hydrogens (primary N) is 1. The molecule has 0 aliphatic rings. The van der Waals surface area contributed by atoms with Crippen LogP contribution in [0.15, 0.2) is 42.5 Å². The maximum Gasteiger partial charge on any atom is 0.142 e. The number of hydrogen-bond donors (Lipinski definition) is 1. The molecule has 2 rings (SSSR count). The fourth-order valence-electron chi connectivity index (χ4n) is 1.99.